The van der Waals surface area contributed by atoms with Crippen LogP contribution in [0.2, 0.25) is 5.82 Å². The first-order valence-electron chi connectivity index (χ1n) is 22.0. The minimum Gasteiger partial charge on any atom is -0.502 e. The van der Waals surface area contributed by atoms with Gasteiger partial charge in [0.15, 0.2) is 0 Å². The second kappa shape index (κ2) is 12.5. The number of nitrogens with zero attached hydrogens (tertiary/aromatic N) is 3. The molecule has 11 unspecified atom stereocenters. The summed E-state index contributed by atoms with van der Waals surface area (Å²) in [6.45, 7) is 14.6. The van der Waals surface area contributed by atoms with E-state index in [1.165, 1.54) is 109 Å². The summed E-state index contributed by atoms with van der Waals surface area (Å²) in [4.78, 5) is 12.2. The Bertz CT molecular complexity index is 2020. The number of guanidine groups is 1. The normalized spacial score (nSPS) is 36.1. The Morgan fingerprint density at radius 3 is 2.04 bits per heavy atom. The summed E-state index contributed by atoms with van der Waals surface area (Å²) in [6, 6.07) is 22.9. The van der Waals surface area contributed by atoms with Crippen LogP contribution in [-0.4, -0.2) is 52.7 Å². The van der Waals surface area contributed by atoms with Crippen LogP contribution >= 0.6 is 0 Å². The van der Waals surface area contributed by atoms with E-state index in [2.05, 4.69) is 106 Å². The standard InChI is InChI=1S/C49H60BN3O/c1-27-13-9-14-28(2)41(27)34-25-36(42-29(3)15-10-16-30(42)4)45-38(26-34)51-49-52(45)39-21-12-19-33-23-24-37-47(43(33)39)53(49)46-35-20-7-8-22-40(35)54-48(46)50(37)44-31(5)17-11-18-32(44)6/h9-11,13-18,33-40,43,45,47H,7-8,12,19-26H2,1-6H3. The van der Waals surface area contributed by atoms with Crippen LogP contribution in [0.4, 0.5) is 0 Å². The number of hydrogen-bond donors (Lipinski definition) is 0. The van der Waals surface area contributed by atoms with E-state index in [9.17, 15) is 0 Å². The van der Waals surface area contributed by atoms with Gasteiger partial charge in [-0.2, -0.15) is 0 Å². The van der Waals surface area contributed by atoms with Crippen LogP contribution in [0.15, 0.2) is 70.9 Å². The fraction of sp³-hybridized carbons (Fsp3) is 0.571. The first kappa shape index (κ1) is 33.8. The molecule has 280 valence electrons. The second-order valence-corrected chi connectivity index (χ2v) is 19.3. The molecule has 0 N–H and O–H groups in total. The van der Waals surface area contributed by atoms with Gasteiger partial charge in [-0.15, -0.1) is 0 Å². The Balaban J connectivity index is 1.13. The molecule has 1 saturated heterocycles. The highest BCUT2D eigenvalue weighted by molar-refractivity contribution is 6.81. The van der Waals surface area contributed by atoms with E-state index >= 15 is 0 Å². The zero-order valence-electron chi connectivity index (χ0n) is 33.7. The zero-order chi connectivity index (χ0) is 36.6. The van der Waals surface area contributed by atoms with Gasteiger partial charge in [-0.3, -0.25) is 0 Å². The van der Waals surface area contributed by atoms with Crippen LogP contribution in [0.1, 0.15) is 127 Å². The van der Waals surface area contributed by atoms with Crippen molar-refractivity contribution in [3.05, 3.63) is 110 Å². The monoisotopic (exact) mass is 717 g/mol. The van der Waals surface area contributed by atoms with Crippen molar-refractivity contribution in [3.8, 4) is 0 Å². The topological polar surface area (TPSA) is 28.1 Å². The quantitative estimate of drug-likeness (QED) is 0.253. The SMILES string of the molecule is Cc1cccc(C)c1B1C2=C(C3CCCCC3O2)N2C3=NC4CC(c5c(C)cccc5C)CC(c5c(C)cccc5C)C4N3C3CCCC4CCC1C2C43. The number of aliphatic imine (C=N–C) groups is 1. The molecular formula is C49H60BN3O. The predicted molar refractivity (Wildman–Crippen MR) is 222 cm³/mol. The van der Waals surface area contributed by atoms with E-state index in [1.54, 1.807) is 22.3 Å². The van der Waals surface area contributed by atoms with Gasteiger partial charge in [0.25, 0.3) is 6.71 Å². The molecule has 5 fully saturated rings. The maximum absolute atomic E-state index is 7.44. The molecule has 11 atom stereocenters. The molecule has 0 amide bonds. The lowest BCUT2D eigenvalue weighted by Gasteiger charge is -2.64. The van der Waals surface area contributed by atoms with Crippen LogP contribution in [0.5, 0.6) is 0 Å². The maximum Gasteiger partial charge on any atom is 0.262 e. The number of ether oxygens (including phenoxy) is 1. The smallest absolute Gasteiger partial charge is 0.262 e. The Morgan fingerprint density at radius 2 is 1.31 bits per heavy atom. The number of fused-ring (bicyclic) bond motifs is 8. The average molecular weight is 718 g/mol. The molecule has 54 heavy (non-hydrogen) atoms. The van der Waals surface area contributed by atoms with E-state index in [1.807, 2.05) is 0 Å². The van der Waals surface area contributed by atoms with Gasteiger partial charge in [0.1, 0.15) is 6.10 Å². The third-order valence-corrected chi connectivity index (χ3v) is 16.6. The van der Waals surface area contributed by atoms with Crippen molar-refractivity contribution in [1.82, 2.24) is 9.80 Å². The summed E-state index contributed by atoms with van der Waals surface area (Å²) in [5.74, 6) is 4.88. The van der Waals surface area contributed by atoms with Crippen molar-refractivity contribution >= 4 is 18.1 Å². The molecule has 0 aromatic heterocycles. The molecule has 4 nitrogen and oxygen atoms in total. The summed E-state index contributed by atoms with van der Waals surface area (Å²) >= 11 is 0. The lowest BCUT2D eigenvalue weighted by Crippen LogP contribution is -2.72. The highest BCUT2D eigenvalue weighted by Gasteiger charge is 2.66. The first-order chi connectivity index (χ1) is 26.3. The Morgan fingerprint density at radius 1 is 0.648 bits per heavy atom. The largest absolute Gasteiger partial charge is 0.502 e. The summed E-state index contributed by atoms with van der Waals surface area (Å²) in [7, 11) is 0. The number of hydrogen-bond acceptors (Lipinski definition) is 4. The highest BCUT2D eigenvalue weighted by atomic mass is 16.5. The third kappa shape index (κ3) is 4.71. The Hall–Kier alpha value is -3.47. The van der Waals surface area contributed by atoms with Gasteiger partial charge in [0.05, 0.1) is 23.4 Å². The molecule has 0 bridgehead atoms. The average Bonchev–Trinajstić information content (AvgIpc) is 3.74. The van der Waals surface area contributed by atoms with Gasteiger partial charge in [0, 0.05) is 29.8 Å². The van der Waals surface area contributed by atoms with Crippen molar-refractivity contribution in [3.63, 3.8) is 0 Å². The molecule has 0 radical (unpaired) electrons. The van der Waals surface area contributed by atoms with Crippen molar-refractivity contribution in [1.29, 1.82) is 0 Å². The van der Waals surface area contributed by atoms with Crippen molar-refractivity contribution in [2.75, 3.05) is 0 Å². The Labute approximate surface area is 324 Å². The first-order valence-corrected chi connectivity index (χ1v) is 22.0. The zero-order valence-corrected chi connectivity index (χ0v) is 33.7. The molecule has 11 rings (SSSR count). The summed E-state index contributed by atoms with van der Waals surface area (Å²) in [5, 5.41) is 0. The van der Waals surface area contributed by atoms with Gasteiger partial charge in [-0.05, 0) is 138 Å². The maximum atomic E-state index is 7.44. The Kier molecular flexibility index (Phi) is 7.85. The van der Waals surface area contributed by atoms with E-state index < -0.39 is 0 Å². The van der Waals surface area contributed by atoms with Gasteiger partial charge in [-0.1, -0.05) is 96.9 Å². The summed E-state index contributed by atoms with van der Waals surface area (Å²) in [5.41, 5.74) is 16.5. The number of rotatable bonds is 3. The fourth-order valence-corrected chi connectivity index (χ4v) is 14.9. The van der Waals surface area contributed by atoms with Crippen molar-refractivity contribution in [2.45, 2.75) is 160 Å². The van der Waals surface area contributed by atoms with Gasteiger partial charge < -0.3 is 14.5 Å². The molecule has 4 heterocycles. The van der Waals surface area contributed by atoms with Crippen LogP contribution in [-0.2, 0) is 4.74 Å². The summed E-state index contributed by atoms with van der Waals surface area (Å²) in [6.07, 6.45) is 14.5. The van der Waals surface area contributed by atoms with Crippen LogP contribution in [0.3, 0.4) is 0 Å². The molecule has 4 saturated carbocycles. The molecule has 3 aromatic carbocycles. The second-order valence-electron chi connectivity index (χ2n) is 19.3. The third-order valence-electron chi connectivity index (χ3n) is 16.6. The van der Waals surface area contributed by atoms with Crippen LogP contribution in [0.25, 0.3) is 0 Å². The van der Waals surface area contributed by atoms with E-state index in [4.69, 9.17) is 9.73 Å². The van der Waals surface area contributed by atoms with Crippen LogP contribution in [0, 0.1) is 59.3 Å². The number of aryl methyl sites for hydroxylation is 6. The predicted octanol–water partition coefficient (Wildman–Crippen LogP) is 10.00. The van der Waals surface area contributed by atoms with E-state index in [-0.39, 0.29) is 0 Å². The molecular weight excluding hydrogens is 657 g/mol. The molecule has 4 aliphatic heterocycles. The van der Waals surface area contributed by atoms with Crippen molar-refractivity contribution in [2.24, 2.45) is 22.7 Å². The molecule has 0 spiro atoms. The lowest BCUT2D eigenvalue weighted by molar-refractivity contribution is -0.0309. The molecule has 5 heteroatoms. The lowest BCUT2D eigenvalue weighted by atomic mass is 9.29. The molecule has 4 aliphatic carbocycles. The van der Waals surface area contributed by atoms with Crippen LogP contribution < -0.4 is 5.46 Å². The van der Waals surface area contributed by atoms with E-state index in [0.717, 1.165) is 12.3 Å². The number of benzene rings is 3. The minimum absolute atomic E-state index is 0.297. The summed E-state index contributed by atoms with van der Waals surface area (Å²) < 4.78 is 7.44. The molecule has 8 aliphatic rings. The van der Waals surface area contributed by atoms with Crippen molar-refractivity contribution < 1.29 is 4.74 Å². The van der Waals surface area contributed by atoms with Gasteiger partial charge in [-0.25, -0.2) is 4.99 Å². The molecule has 3 aromatic rings. The highest BCUT2D eigenvalue weighted by Crippen LogP contribution is 2.62. The van der Waals surface area contributed by atoms with E-state index in [0.29, 0.717) is 66.5 Å². The minimum atomic E-state index is 0.297. The fourth-order valence-electron chi connectivity index (χ4n) is 14.9. The van der Waals surface area contributed by atoms with Gasteiger partial charge >= 0.3 is 0 Å². The van der Waals surface area contributed by atoms with Gasteiger partial charge in [0.2, 0.25) is 5.96 Å².